The Balaban J connectivity index is 1.12. The zero-order chi connectivity index (χ0) is 44.6. The molecule has 10 aromatic carbocycles. The fraction of sp³-hybridized carbons (Fsp3) is 0.0476. The number of aromatic nitrogens is 4. The van der Waals surface area contributed by atoms with Gasteiger partial charge >= 0.3 is 0 Å². The number of rotatable bonds is 4. The molecule has 5 heteroatoms. The van der Waals surface area contributed by atoms with E-state index in [4.69, 9.17) is 14.4 Å². The molecule has 14 aromatic rings. The molecule has 4 heterocycles. The molecule has 0 fully saturated rings. The molecule has 0 saturated heterocycles. The topological polar surface area (TPSA) is 48.8 Å². The van der Waals surface area contributed by atoms with Crippen LogP contribution in [0.1, 0.15) is 18.2 Å². The van der Waals surface area contributed by atoms with Gasteiger partial charge in [-0.1, -0.05) is 165 Å². The molecule has 1 aliphatic rings. The number of hydrogen-bond donors (Lipinski definition) is 0. The van der Waals surface area contributed by atoms with E-state index in [1.165, 1.54) is 43.4 Å². The van der Waals surface area contributed by atoms with Gasteiger partial charge in [-0.3, -0.25) is 4.57 Å². The van der Waals surface area contributed by atoms with Crippen LogP contribution in [0.4, 0.5) is 0 Å². The molecule has 1 atom stereocenters. The lowest BCUT2D eigenvalue weighted by atomic mass is 9.90. The van der Waals surface area contributed by atoms with Gasteiger partial charge < -0.3 is 8.98 Å². The van der Waals surface area contributed by atoms with Crippen LogP contribution < -0.4 is 0 Å². The fourth-order valence-electron chi connectivity index (χ4n) is 11.7. The molecular weight excluding hydrogens is 829 g/mol. The molecule has 0 amide bonds. The quantitative estimate of drug-likeness (QED) is 0.166. The molecule has 0 spiro atoms. The summed E-state index contributed by atoms with van der Waals surface area (Å²) in [5.41, 5.74) is 12.7. The Morgan fingerprint density at radius 1 is 0.456 bits per heavy atom. The van der Waals surface area contributed by atoms with Gasteiger partial charge in [0.25, 0.3) is 0 Å². The molecule has 5 nitrogen and oxygen atoms in total. The first kappa shape index (κ1) is 37.4. The predicted molar refractivity (Wildman–Crippen MR) is 283 cm³/mol. The number of nitrogens with zero attached hydrogens (tertiary/aromatic N) is 4. The Morgan fingerprint density at radius 3 is 1.79 bits per heavy atom. The average Bonchev–Trinajstić information content (AvgIpc) is 4.07. The van der Waals surface area contributed by atoms with Crippen molar-refractivity contribution in [2.75, 3.05) is 0 Å². The van der Waals surface area contributed by atoms with Gasteiger partial charge in [0, 0.05) is 54.5 Å². The molecular formula is C63H40N4O. The molecule has 0 radical (unpaired) electrons. The lowest BCUT2D eigenvalue weighted by molar-refractivity contribution is 0.585. The first-order valence-corrected chi connectivity index (χ1v) is 23.5. The minimum Gasteiger partial charge on any atom is -0.454 e. The van der Waals surface area contributed by atoms with Crippen molar-refractivity contribution in [3.05, 3.63) is 212 Å². The largest absolute Gasteiger partial charge is 0.454 e. The standard InChI is InChI=1S/C63H40N4O/c1-37-28-33-55-51(34-37)57-47-25-12-11-24-46(47)56-50-35-39(38-16-4-2-5-17-38)29-31-54(50)67(61(56)62(57)68-55)63-64-59(58-45-23-10-8-20-42(45)43-21-9-13-26-48(43)60(58)65-63)40-30-32-53-49(36-40)44-22-14-15-27-52(44)66(53)41-18-6-3-7-19-41/h2-33,35-37H,34H2,1H3. The van der Waals surface area contributed by atoms with E-state index in [2.05, 4.69) is 222 Å². The maximum Gasteiger partial charge on any atom is 0.235 e. The van der Waals surface area contributed by atoms with Crippen LogP contribution in [-0.2, 0) is 6.42 Å². The second kappa shape index (κ2) is 14.1. The Morgan fingerprint density at radius 2 is 1.03 bits per heavy atom. The monoisotopic (exact) mass is 868 g/mol. The molecule has 15 rings (SSSR count). The molecule has 0 saturated carbocycles. The second-order valence-electron chi connectivity index (χ2n) is 18.5. The van der Waals surface area contributed by atoms with Gasteiger partial charge in [-0.25, -0.2) is 9.97 Å². The van der Waals surface area contributed by atoms with Gasteiger partial charge in [-0.15, -0.1) is 0 Å². The zero-order valence-electron chi connectivity index (χ0n) is 37.1. The summed E-state index contributed by atoms with van der Waals surface area (Å²) in [7, 11) is 0. The van der Waals surface area contributed by atoms with Gasteiger partial charge in [0.2, 0.25) is 5.95 Å². The third-order valence-electron chi connectivity index (χ3n) is 14.6. The van der Waals surface area contributed by atoms with Crippen molar-refractivity contribution in [3.63, 3.8) is 0 Å². The van der Waals surface area contributed by atoms with Gasteiger partial charge in [-0.2, -0.15) is 0 Å². The summed E-state index contributed by atoms with van der Waals surface area (Å²) in [6, 6.07) is 70.1. The summed E-state index contributed by atoms with van der Waals surface area (Å²) in [6.45, 7) is 2.29. The molecule has 0 bridgehead atoms. The fourth-order valence-corrected chi connectivity index (χ4v) is 11.7. The van der Waals surface area contributed by atoms with E-state index < -0.39 is 0 Å². The highest BCUT2D eigenvalue weighted by atomic mass is 16.3. The molecule has 1 aliphatic carbocycles. The van der Waals surface area contributed by atoms with E-state index in [-0.39, 0.29) is 0 Å². The summed E-state index contributed by atoms with van der Waals surface area (Å²) in [5, 5.41) is 13.8. The Hall–Kier alpha value is -8.80. The third kappa shape index (κ3) is 5.21. The summed E-state index contributed by atoms with van der Waals surface area (Å²) in [5.74, 6) is 1.92. The minimum absolute atomic E-state index is 0.394. The van der Waals surface area contributed by atoms with Crippen LogP contribution in [-0.4, -0.2) is 19.1 Å². The van der Waals surface area contributed by atoms with Gasteiger partial charge in [-0.05, 0) is 98.9 Å². The van der Waals surface area contributed by atoms with Crippen molar-refractivity contribution < 1.29 is 4.42 Å². The number of furan rings is 1. The Bertz CT molecular complexity index is 4480. The number of allylic oxidation sites excluding steroid dienone is 1. The normalized spacial score (nSPS) is 14.0. The second-order valence-corrected chi connectivity index (χ2v) is 18.5. The van der Waals surface area contributed by atoms with Crippen molar-refractivity contribution in [1.29, 1.82) is 0 Å². The van der Waals surface area contributed by atoms with Crippen LogP contribution in [0, 0.1) is 5.92 Å². The predicted octanol–water partition coefficient (Wildman–Crippen LogP) is 16.6. The Labute approximate surface area is 390 Å². The van der Waals surface area contributed by atoms with Crippen molar-refractivity contribution in [1.82, 2.24) is 19.1 Å². The lowest BCUT2D eigenvalue weighted by Gasteiger charge is -2.16. The smallest absolute Gasteiger partial charge is 0.235 e. The lowest BCUT2D eigenvalue weighted by Crippen LogP contribution is -2.05. The highest BCUT2D eigenvalue weighted by Gasteiger charge is 2.29. The summed E-state index contributed by atoms with van der Waals surface area (Å²) >= 11 is 0. The summed E-state index contributed by atoms with van der Waals surface area (Å²) in [6.07, 6.45) is 5.36. The van der Waals surface area contributed by atoms with Crippen LogP contribution in [0.15, 0.2) is 205 Å². The minimum atomic E-state index is 0.394. The van der Waals surface area contributed by atoms with Crippen LogP contribution in [0.5, 0.6) is 0 Å². The van der Waals surface area contributed by atoms with Crippen LogP contribution in [0.3, 0.4) is 0 Å². The summed E-state index contributed by atoms with van der Waals surface area (Å²) < 4.78 is 11.8. The van der Waals surface area contributed by atoms with Crippen molar-refractivity contribution >= 4 is 104 Å². The van der Waals surface area contributed by atoms with E-state index >= 15 is 0 Å². The number of para-hydroxylation sites is 2. The van der Waals surface area contributed by atoms with E-state index in [0.717, 1.165) is 100 Å². The van der Waals surface area contributed by atoms with Gasteiger partial charge in [0.05, 0.1) is 27.8 Å². The number of hydrogen-bond acceptors (Lipinski definition) is 3. The molecule has 4 aromatic heterocycles. The molecule has 1 unspecified atom stereocenters. The van der Waals surface area contributed by atoms with Crippen molar-refractivity contribution in [2.24, 2.45) is 5.92 Å². The van der Waals surface area contributed by atoms with E-state index in [1.54, 1.807) is 0 Å². The zero-order valence-corrected chi connectivity index (χ0v) is 37.1. The third-order valence-corrected chi connectivity index (χ3v) is 14.6. The molecule has 0 aliphatic heterocycles. The Kier molecular flexibility index (Phi) is 7.76. The average molecular weight is 869 g/mol. The SMILES string of the molecule is CC1C=Cc2oc3c(c2C1)c1ccccc1c1c2cc(-c4ccccc4)ccc2n(-c2nc(-c4ccc5c(c4)c4ccccc4n5-c4ccccc4)c4c5ccccc5c5ccccc5c4n2)c31. The molecule has 68 heavy (non-hydrogen) atoms. The maximum absolute atomic E-state index is 7.16. The summed E-state index contributed by atoms with van der Waals surface area (Å²) in [4.78, 5) is 11.7. The van der Waals surface area contributed by atoms with E-state index in [0.29, 0.717) is 11.9 Å². The van der Waals surface area contributed by atoms with Gasteiger partial charge in [0.15, 0.2) is 5.58 Å². The van der Waals surface area contributed by atoms with Crippen molar-refractivity contribution in [2.45, 2.75) is 13.3 Å². The number of benzene rings is 10. The van der Waals surface area contributed by atoms with Crippen molar-refractivity contribution in [3.8, 4) is 34.0 Å². The molecule has 318 valence electrons. The first-order valence-electron chi connectivity index (χ1n) is 23.5. The van der Waals surface area contributed by atoms with Crippen LogP contribution >= 0.6 is 0 Å². The van der Waals surface area contributed by atoms with Crippen LogP contribution in [0.25, 0.3) is 138 Å². The van der Waals surface area contributed by atoms with Crippen LogP contribution in [0.2, 0.25) is 0 Å². The molecule has 0 N–H and O–H groups in total. The highest BCUT2D eigenvalue weighted by Crippen LogP contribution is 2.48. The van der Waals surface area contributed by atoms with Gasteiger partial charge in [0.1, 0.15) is 11.3 Å². The first-order chi connectivity index (χ1) is 33.7. The maximum atomic E-state index is 7.16. The highest BCUT2D eigenvalue weighted by molar-refractivity contribution is 6.32. The number of fused-ring (bicyclic) bond motifs is 19. The van der Waals surface area contributed by atoms with E-state index in [1.807, 2.05) is 0 Å². The van der Waals surface area contributed by atoms with E-state index in [9.17, 15) is 0 Å².